The molecule has 2 aliphatic heterocycles. The minimum absolute atomic E-state index is 0.0123. The van der Waals surface area contributed by atoms with Crippen molar-refractivity contribution >= 4 is 18.0 Å². The molecule has 2 amide bonds. The standard InChI is InChI=1S/C11H16N2O5/c14-9(15)7-5-13(6-8(7)10(16)17)11(18)12-3-1-2-4-12/h7-8H,1-6H2,(H,14,15)(H,16,17)/t7-,8-/m0/s1. The summed E-state index contributed by atoms with van der Waals surface area (Å²) in [7, 11) is 0. The monoisotopic (exact) mass is 256 g/mol. The summed E-state index contributed by atoms with van der Waals surface area (Å²) in [4.78, 5) is 37.0. The zero-order chi connectivity index (χ0) is 13.3. The van der Waals surface area contributed by atoms with E-state index in [1.165, 1.54) is 4.90 Å². The highest BCUT2D eigenvalue weighted by atomic mass is 16.4. The molecule has 7 nitrogen and oxygen atoms in total. The summed E-state index contributed by atoms with van der Waals surface area (Å²) >= 11 is 0. The molecule has 100 valence electrons. The predicted molar refractivity (Wildman–Crippen MR) is 60.0 cm³/mol. The number of likely N-dealkylation sites (tertiary alicyclic amines) is 2. The molecule has 0 spiro atoms. The fourth-order valence-electron chi connectivity index (χ4n) is 2.57. The zero-order valence-electron chi connectivity index (χ0n) is 9.91. The molecule has 18 heavy (non-hydrogen) atoms. The van der Waals surface area contributed by atoms with E-state index in [0.717, 1.165) is 12.8 Å². The van der Waals surface area contributed by atoms with Gasteiger partial charge in [0.15, 0.2) is 0 Å². The number of carboxylic acids is 2. The van der Waals surface area contributed by atoms with Crippen LogP contribution in [0.25, 0.3) is 0 Å². The summed E-state index contributed by atoms with van der Waals surface area (Å²) in [6.45, 7) is 1.32. The number of carbonyl (C=O) groups excluding carboxylic acids is 1. The molecule has 0 aromatic heterocycles. The Kier molecular flexibility index (Phi) is 3.40. The number of aliphatic carboxylic acids is 2. The topological polar surface area (TPSA) is 98.2 Å². The maximum Gasteiger partial charge on any atom is 0.320 e. The Morgan fingerprint density at radius 1 is 0.833 bits per heavy atom. The quantitative estimate of drug-likeness (QED) is 0.720. The van der Waals surface area contributed by atoms with Crippen molar-refractivity contribution in [2.24, 2.45) is 11.8 Å². The van der Waals surface area contributed by atoms with E-state index in [2.05, 4.69) is 0 Å². The maximum absolute atomic E-state index is 12.0. The third-order valence-corrected chi connectivity index (χ3v) is 3.60. The molecular weight excluding hydrogens is 240 g/mol. The molecule has 0 aromatic carbocycles. The molecule has 2 fully saturated rings. The molecule has 0 aliphatic carbocycles. The zero-order valence-corrected chi connectivity index (χ0v) is 9.91. The third kappa shape index (κ3) is 2.25. The average molecular weight is 256 g/mol. The van der Waals surface area contributed by atoms with Gasteiger partial charge in [-0.1, -0.05) is 0 Å². The van der Waals surface area contributed by atoms with Gasteiger partial charge in [-0.15, -0.1) is 0 Å². The van der Waals surface area contributed by atoms with Crippen molar-refractivity contribution in [2.45, 2.75) is 12.8 Å². The van der Waals surface area contributed by atoms with E-state index in [-0.39, 0.29) is 19.1 Å². The second-order valence-corrected chi connectivity index (χ2v) is 4.77. The van der Waals surface area contributed by atoms with Gasteiger partial charge in [0.05, 0.1) is 11.8 Å². The Bertz CT molecular complexity index is 356. The molecule has 7 heteroatoms. The number of rotatable bonds is 2. The van der Waals surface area contributed by atoms with Crippen molar-refractivity contribution in [2.75, 3.05) is 26.2 Å². The van der Waals surface area contributed by atoms with Crippen LogP contribution in [-0.2, 0) is 9.59 Å². The summed E-state index contributed by atoms with van der Waals surface area (Å²) in [5, 5.41) is 18.0. The maximum atomic E-state index is 12.0. The lowest BCUT2D eigenvalue weighted by Crippen LogP contribution is -2.41. The number of carbonyl (C=O) groups is 3. The molecule has 2 saturated heterocycles. The van der Waals surface area contributed by atoms with E-state index in [9.17, 15) is 14.4 Å². The molecule has 2 N–H and O–H groups in total. The van der Waals surface area contributed by atoms with E-state index in [1.807, 2.05) is 0 Å². The Labute approximate surface area is 104 Å². The molecule has 0 bridgehead atoms. The van der Waals surface area contributed by atoms with E-state index in [0.29, 0.717) is 13.1 Å². The normalized spacial score (nSPS) is 27.6. The summed E-state index contributed by atoms with van der Waals surface area (Å²) in [5.41, 5.74) is 0. The number of hydrogen-bond acceptors (Lipinski definition) is 3. The molecule has 2 aliphatic rings. The van der Waals surface area contributed by atoms with E-state index < -0.39 is 23.8 Å². The minimum Gasteiger partial charge on any atom is -0.481 e. The van der Waals surface area contributed by atoms with E-state index >= 15 is 0 Å². The van der Waals surface area contributed by atoms with Gasteiger partial charge in [0.25, 0.3) is 0 Å². The van der Waals surface area contributed by atoms with Crippen LogP contribution in [0.5, 0.6) is 0 Å². The number of hydrogen-bond donors (Lipinski definition) is 2. The number of amides is 2. The van der Waals surface area contributed by atoms with Gasteiger partial charge in [0, 0.05) is 26.2 Å². The van der Waals surface area contributed by atoms with Gasteiger partial charge in [-0.05, 0) is 12.8 Å². The molecule has 2 atom stereocenters. The summed E-state index contributed by atoms with van der Waals surface area (Å²) < 4.78 is 0. The summed E-state index contributed by atoms with van der Waals surface area (Å²) in [5.74, 6) is -4.32. The smallest absolute Gasteiger partial charge is 0.320 e. The van der Waals surface area contributed by atoms with Gasteiger partial charge >= 0.3 is 18.0 Å². The number of nitrogens with zero attached hydrogens (tertiary/aromatic N) is 2. The number of carboxylic acid groups (broad SMARTS) is 2. The van der Waals surface area contributed by atoms with Crippen molar-refractivity contribution in [1.82, 2.24) is 9.80 Å². The van der Waals surface area contributed by atoms with Gasteiger partial charge in [0.1, 0.15) is 0 Å². The molecule has 2 heterocycles. The van der Waals surface area contributed by atoms with Crippen LogP contribution < -0.4 is 0 Å². The van der Waals surface area contributed by atoms with E-state index in [4.69, 9.17) is 10.2 Å². The third-order valence-electron chi connectivity index (χ3n) is 3.60. The highest BCUT2D eigenvalue weighted by Gasteiger charge is 2.44. The fraction of sp³-hybridized carbons (Fsp3) is 0.727. The average Bonchev–Trinajstić information content (AvgIpc) is 2.97. The van der Waals surface area contributed by atoms with Crippen LogP contribution >= 0.6 is 0 Å². The van der Waals surface area contributed by atoms with Crippen LogP contribution in [0.3, 0.4) is 0 Å². The van der Waals surface area contributed by atoms with Gasteiger partial charge in [-0.2, -0.15) is 0 Å². The molecule has 0 aromatic rings. The molecule has 2 rings (SSSR count). The summed E-state index contributed by atoms with van der Waals surface area (Å²) in [6, 6.07) is -0.234. The fourth-order valence-corrected chi connectivity index (χ4v) is 2.57. The van der Waals surface area contributed by atoms with Crippen molar-refractivity contribution in [1.29, 1.82) is 0 Å². The van der Waals surface area contributed by atoms with Gasteiger partial charge in [0.2, 0.25) is 0 Å². The number of urea groups is 1. The second kappa shape index (κ2) is 4.83. The van der Waals surface area contributed by atoms with Crippen molar-refractivity contribution < 1.29 is 24.6 Å². The Morgan fingerprint density at radius 2 is 1.28 bits per heavy atom. The first kappa shape index (κ1) is 12.7. The van der Waals surface area contributed by atoms with Crippen molar-refractivity contribution in [3.05, 3.63) is 0 Å². The first-order valence-corrected chi connectivity index (χ1v) is 6.00. The van der Waals surface area contributed by atoms with Gasteiger partial charge in [-0.25, -0.2) is 4.79 Å². The lowest BCUT2D eigenvalue weighted by molar-refractivity contribution is -0.151. The van der Waals surface area contributed by atoms with Crippen LogP contribution in [0.4, 0.5) is 4.79 Å². The van der Waals surface area contributed by atoms with Gasteiger partial charge < -0.3 is 20.0 Å². The lowest BCUT2D eigenvalue weighted by atomic mass is 9.97. The van der Waals surface area contributed by atoms with Crippen LogP contribution in [0.1, 0.15) is 12.8 Å². The summed E-state index contributed by atoms with van der Waals surface area (Å²) in [6.07, 6.45) is 1.90. The van der Waals surface area contributed by atoms with Crippen LogP contribution in [0.15, 0.2) is 0 Å². The first-order chi connectivity index (χ1) is 8.50. The van der Waals surface area contributed by atoms with E-state index in [1.54, 1.807) is 4.90 Å². The van der Waals surface area contributed by atoms with Crippen molar-refractivity contribution in [3.8, 4) is 0 Å². The Balaban J connectivity index is 2.05. The predicted octanol–water partition coefficient (Wildman–Crippen LogP) is -0.0806. The van der Waals surface area contributed by atoms with Crippen LogP contribution in [0.2, 0.25) is 0 Å². The lowest BCUT2D eigenvalue weighted by Gasteiger charge is -2.23. The van der Waals surface area contributed by atoms with Crippen LogP contribution in [-0.4, -0.2) is 64.2 Å². The highest BCUT2D eigenvalue weighted by molar-refractivity contribution is 5.84. The molecule has 0 saturated carbocycles. The minimum atomic E-state index is -1.15. The van der Waals surface area contributed by atoms with Crippen molar-refractivity contribution in [3.63, 3.8) is 0 Å². The largest absolute Gasteiger partial charge is 0.481 e. The van der Waals surface area contributed by atoms with Gasteiger partial charge in [-0.3, -0.25) is 9.59 Å². The highest BCUT2D eigenvalue weighted by Crippen LogP contribution is 2.25. The molecule has 0 unspecified atom stereocenters. The first-order valence-electron chi connectivity index (χ1n) is 6.00. The Hall–Kier alpha value is -1.79. The SMILES string of the molecule is O=C(O)[C@H]1CN(C(=O)N2CCCC2)C[C@@H]1C(=O)O. The second-order valence-electron chi connectivity index (χ2n) is 4.77. The Morgan fingerprint density at radius 3 is 1.67 bits per heavy atom. The van der Waals surface area contributed by atoms with Crippen LogP contribution in [0, 0.1) is 11.8 Å². The molecule has 0 radical (unpaired) electrons. The molecular formula is C11H16N2O5.